The van der Waals surface area contributed by atoms with Crippen molar-refractivity contribution in [2.45, 2.75) is 6.54 Å². The first-order chi connectivity index (χ1) is 8.15. The lowest BCUT2D eigenvalue weighted by Gasteiger charge is -2.14. The summed E-state index contributed by atoms with van der Waals surface area (Å²) in [5, 5.41) is 10.8. The Morgan fingerprint density at radius 3 is 2.94 bits per heavy atom. The van der Waals surface area contributed by atoms with Crippen molar-refractivity contribution in [3.63, 3.8) is 0 Å². The smallest absolute Gasteiger partial charge is 0.275 e. The topological polar surface area (TPSA) is 72.7 Å². The van der Waals surface area contributed by atoms with Crippen molar-refractivity contribution in [2.75, 3.05) is 20.3 Å². The number of hydrogen-bond donors (Lipinski definition) is 0. The highest BCUT2D eigenvalue weighted by molar-refractivity contribution is 5.99. The van der Waals surface area contributed by atoms with Gasteiger partial charge in [0, 0.05) is 19.7 Å². The molecule has 1 heterocycles. The summed E-state index contributed by atoms with van der Waals surface area (Å²) in [5.41, 5.74) is 0.935. The molecule has 0 unspecified atom stereocenters. The highest BCUT2D eigenvalue weighted by Gasteiger charge is 2.32. The van der Waals surface area contributed by atoms with E-state index in [2.05, 4.69) is 0 Å². The molecular formula is C11H12N2O4. The van der Waals surface area contributed by atoms with Gasteiger partial charge in [0.2, 0.25) is 0 Å². The number of carbonyl (C=O) groups is 1. The highest BCUT2D eigenvalue weighted by Crippen LogP contribution is 2.30. The number of amides is 1. The van der Waals surface area contributed by atoms with Gasteiger partial charge in [-0.25, -0.2) is 0 Å². The van der Waals surface area contributed by atoms with Gasteiger partial charge in [-0.3, -0.25) is 14.9 Å². The fourth-order valence-electron chi connectivity index (χ4n) is 1.93. The second-order valence-electron chi connectivity index (χ2n) is 3.78. The zero-order valence-corrected chi connectivity index (χ0v) is 9.38. The Kier molecular flexibility index (Phi) is 3.06. The summed E-state index contributed by atoms with van der Waals surface area (Å²) in [7, 11) is 1.55. The number of nitro benzene ring substituents is 1. The van der Waals surface area contributed by atoms with Crippen molar-refractivity contribution in [3.05, 3.63) is 39.4 Å². The molecule has 6 nitrogen and oxygen atoms in total. The summed E-state index contributed by atoms with van der Waals surface area (Å²) in [4.78, 5) is 23.9. The van der Waals surface area contributed by atoms with E-state index in [-0.39, 0.29) is 18.1 Å². The quantitative estimate of drug-likeness (QED) is 0.581. The van der Waals surface area contributed by atoms with Crippen LogP contribution in [0, 0.1) is 10.1 Å². The molecule has 0 spiro atoms. The number of rotatable bonds is 4. The molecule has 0 atom stereocenters. The van der Waals surface area contributed by atoms with Crippen LogP contribution in [0.15, 0.2) is 18.2 Å². The monoisotopic (exact) mass is 236 g/mol. The van der Waals surface area contributed by atoms with E-state index in [4.69, 9.17) is 4.74 Å². The molecular weight excluding hydrogens is 224 g/mol. The molecule has 0 N–H and O–H groups in total. The second kappa shape index (κ2) is 4.50. The van der Waals surface area contributed by atoms with Crippen molar-refractivity contribution in [1.29, 1.82) is 0 Å². The molecule has 1 aromatic rings. The molecule has 0 radical (unpaired) electrons. The molecule has 17 heavy (non-hydrogen) atoms. The maximum absolute atomic E-state index is 11.9. The Hall–Kier alpha value is -1.95. The Balaban J connectivity index is 2.31. The van der Waals surface area contributed by atoms with Crippen LogP contribution < -0.4 is 0 Å². The minimum absolute atomic E-state index is 0.00997. The number of nitrogens with zero attached hydrogens (tertiary/aromatic N) is 2. The molecule has 0 saturated carbocycles. The Bertz CT molecular complexity index is 473. The van der Waals surface area contributed by atoms with Gasteiger partial charge in [-0.15, -0.1) is 0 Å². The van der Waals surface area contributed by atoms with Crippen molar-refractivity contribution < 1.29 is 14.5 Å². The van der Waals surface area contributed by atoms with Gasteiger partial charge in [-0.05, 0) is 6.07 Å². The number of fused-ring (bicyclic) bond motifs is 1. The number of methoxy groups -OCH3 is 1. The standard InChI is InChI=1S/C11H12N2O4/c1-17-6-5-12-7-9-8(11(12)14)3-2-4-10(9)13(15)16/h2-4H,5-7H2,1H3. The summed E-state index contributed by atoms with van der Waals surface area (Å²) >= 11 is 0. The molecule has 90 valence electrons. The fraction of sp³-hybridized carbons (Fsp3) is 0.364. The number of benzene rings is 1. The molecule has 0 bridgehead atoms. The Morgan fingerprint density at radius 2 is 2.29 bits per heavy atom. The zero-order chi connectivity index (χ0) is 12.4. The van der Waals surface area contributed by atoms with Crippen molar-refractivity contribution in [3.8, 4) is 0 Å². The van der Waals surface area contributed by atoms with E-state index in [9.17, 15) is 14.9 Å². The SMILES string of the molecule is COCCN1Cc2c(cccc2[N+](=O)[O-])C1=O. The predicted molar refractivity (Wildman–Crippen MR) is 59.7 cm³/mol. The Morgan fingerprint density at radius 1 is 1.53 bits per heavy atom. The van der Waals surface area contributed by atoms with Gasteiger partial charge in [-0.1, -0.05) is 6.07 Å². The second-order valence-corrected chi connectivity index (χ2v) is 3.78. The van der Waals surface area contributed by atoms with Gasteiger partial charge >= 0.3 is 0 Å². The van der Waals surface area contributed by atoms with Crippen LogP contribution in [0.4, 0.5) is 5.69 Å². The lowest BCUT2D eigenvalue weighted by molar-refractivity contribution is -0.385. The summed E-state index contributed by atoms with van der Waals surface area (Å²) in [6.07, 6.45) is 0. The number of hydrogen-bond acceptors (Lipinski definition) is 4. The molecule has 1 aliphatic heterocycles. The first-order valence-corrected chi connectivity index (χ1v) is 5.19. The minimum atomic E-state index is -0.452. The van der Waals surface area contributed by atoms with Gasteiger partial charge in [0.15, 0.2) is 0 Å². The summed E-state index contributed by atoms with van der Waals surface area (Å²) < 4.78 is 4.90. The van der Waals surface area contributed by atoms with Crippen LogP contribution in [0.1, 0.15) is 15.9 Å². The van der Waals surface area contributed by atoms with E-state index in [0.717, 1.165) is 0 Å². The summed E-state index contributed by atoms with van der Waals surface area (Å²) in [5.74, 6) is -0.166. The van der Waals surface area contributed by atoms with Crippen LogP contribution in [0.3, 0.4) is 0 Å². The van der Waals surface area contributed by atoms with Crippen LogP contribution in [-0.4, -0.2) is 36.0 Å². The molecule has 1 aromatic carbocycles. The number of carbonyl (C=O) groups excluding carboxylic acids is 1. The van der Waals surface area contributed by atoms with Gasteiger partial charge in [-0.2, -0.15) is 0 Å². The lowest BCUT2D eigenvalue weighted by Crippen LogP contribution is -2.27. The maximum atomic E-state index is 11.9. The van der Waals surface area contributed by atoms with Crippen molar-refractivity contribution in [2.24, 2.45) is 0 Å². The molecule has 0 fully saturated rings. The van der Waals surface area contributed by atoms with Crippen LogP contribution in [0.5, 0.6) is 0 Å². The third-order valence-corrected chi connectivity index (χ3v) is 2.78. The molecule has 1 aliphatic rings. The van der Waals surface area contributed by atoms with Crippen LogP contribution >= 0.6 is 0 Å². The largest absolute Gasteiger partial charge is 0.383 e. The van der Waals surface area contributed by atoms with Gasteiger partial charge in [0.25, 0.3) is 11.6 Å². The van der Waals surface area contributed by atoms with Gasteiger partial charge in [0.1, 0.15) is 0 Å². The average molecular weight is 236 g/mol. The van der Waals surface area contributed by atoms with Crippen LogP contribution in [0.2, 0.25) is 0 Å². The molecule has 0 aromatic heterocycles. The summed E-state index contributed by atoms with van der Waals surface area (Å²) in [6.45, 7) is 1.16. The van der Waals surface area contributed by atoms with E-state index in [1.807, 2.05) is 0 Å². The van der Waals surface area contributed by atoms with Crippen molar-refractivity contribution >= 4 is 11.6 Å². The van der Waals surface area contributed by atoms with Crippen LogP contribution in [0.25, 0.3) is 0 Å². The van der Waals surface area contributed by atoms with Crippen LogP contribution in [-0.2, 0) is 11.3 Å². The van der Waals surface area contributed by atoms with E-state index in [0.29, 0.717) is 24.3 Å². The van der Waals surface area contributed by atoms with E-state index >= 15 is 0 Å². The van der Waals surface area contributed by atoms with E-state index < -0.39 is 4.92 Å². The zero-order valence-electron chi connectivity index (χ0n) is 9.38. The number of ether oxygens (including phenoxy) is 1. The average Bonchev–Trinajstić information content (AvgIpc) is 2.63. The molecule has 2 rings (SSSR count). The normalized spacial score (nSPS) is 13.9. The van der Waals surface area contributed by atoms with E-state index in [1.165, 1.54) is 12.1 Å². The third-order valence-electron chi connectivity index (χ3n) is 2.78. The van der Waals surface area contributed by atoms with Gasteiger partial charge in [0.05, 0.1) is 29.2 Å². The Labute approximate surface area is 97.9 Å². The summed E-state index contributed by atoms with van der Waals surface area (Å²) in [6, 6.07) is 4.58. The maximum Gasteiger partial charge on any atom is 0.275 e. The highest BCUT2D eigenvalue weighted by atomic mass is 16.6. The molecule has 0 saturated heterocycles. The van der Waals surface area contributed by atoms with Crippen molar-refractivity contribution in [1.82, 2.24) is 4.90 Å². The van der Waals surface area contributed by atoms with E-state index in [1.54, 1.807) is 18.1 Å². The number of nitro groups is 1. The first kappa shape index (κ1) is 11.5. The predicted octanol–water partition coefficient (Wildman–Crippen LogP) is 1.20. The van der Waals surface area contributed by atoms with Gasteiger partial charge < -0.3 is 9.64 Å². The molecule has 1 amide bonds. The fourth-order valence-corrected chi connectivity index (χ4v) is 1.93. The molecule has 0 aliphatic carbocycles. The first-order valence-electron chi connectivity index (χ1n) is 5.19. The third kappa shape index (κ3) is 1.99. The minimum Gasteiger partial charge on any atom is -0.383 e. The molecule has 6 heteroatoms. The lowest BCUT2D eigenvalue weighted by atomic mass is 10.1.